The van der Waals surface area contributed by atoms with Crippen LogP contribution in [-0.2, 0) is 6.54 Å². The van der Waals surface area contributed by atoms with E-state index in [1.165, 1.54) is 5.56 Å². The molecule has 0 aromatic heterocycles. The average Bonchev–Trinajstić information content (AvgIpc) is 2.61. The van der Waals surface area contributed by atoms with E-state index in [2.05, 4.69) is 5.32 Å². The number of likely N-dealkylation sites (tertiary alicyclic amines) is 1. The Morgan fingerprint density at radius 1 is 1.04 bits per heavy atom. The predicted molar refractivity (Wildman–Crippen MR) is 90.3 cm³/mol. The Bertz CT molecular complexity index is 632. The van der Waals surface area contributed by atoms with Crippen molar-refractivity contribution in [2.24, 2.45) is 0 Å². The maximum atomic E-state index is 12.2. The summed E-state index contributed by atoms with van der Waals surface area (Å²) in [5.41, 5.74) is 2.35. The van der Waals surface area contributed by atoms with Crippen LogP contribution in [-0.4, -0.2) is 29.1 Å². The summed E-state index contributed by atoms with van der Waals surface area (Å²) in [6.45, 7) is 2.11. The summed E-state index contributed by atoms with van der Waals surface area (Å²) in [5.74, 6) is 0.764. The third-order valence-electron chi connectivity index (χ3n) is 4.43. The lowest BCUT2D eigenvalue weighted by Crippen LogP contribution is -2.43. The van der Waals surface area contributed by atoms with Gasteiger partial charge in [-0.25, -0.2) is 4.79 Å². The molecule has 1 aliphatic rings. The van der Waals surface area contributed by atoms with Crippen LogP contribution in [0.25, 0.3) is 0 Å². The van der Waals surface area contributed by atoms with E-state index < -0.39 is 0 Å². The summed E-state index contributed by atoms with van der Waals surface area (Å²) in [7, 11) is 0. The lowest BCUT2D eigenvalue weighted by atomic mass is 9.89. The Hall–Kier alpha value is -2.49. The molecule has 23 heavy (non-hydrogen) atoms. The van der Waals surface area contributed by atoms with E-state index in [4.69, 9.17) is 0 Å². The normalized spacial score (nSPS) is 15.4. The predicted octanol–water partition coefficient (Wildman–Crippen LogP) is 3.48. The van der Waals surface area contributed by atoms with Gasteiger partial charge in [0.2, 0.25) is 0 Å². The zero-order valence-electron chi connectivity index (χ0n) is 13.1. The van der Waals surface area contributed by atoms with E-state index in [1.807, 2.05) is 47.4 Å². The number of urea groups is 1. The molecule has 120 valence electrons. The van der Waals surface area contributed by atoms with Crippen LogP contribution in [0.2, 0.25) is 0 Å². The van der Waals surface area contributed by atoms with Crippen molar-refractivity contribution in [3.05, 3.63) is 65.7 Å². The molecule has 0 saturated carbocycles. The number of carbonyl (C=O) groups is 1. The van der Waals surface area contributed by atoms with Gasteiger partial charge in [0.15, 0.2) is 0 Å². The van der Waals surface area contributed by atoms with Gasteiger partial charge in [0, 0.05) is 19.6 Å². The van der Waals surface area contributed by atoms with Crippen molar-refractivity contribution in [2.75, 3.05) is 13.1 Å². The van der Waals surface area contributed by atoms with E-state index in [1.54, 1.807) is 12.1 Å². The van der Waals surface area contributed by atoms with Crippen molar-refractivity contribution in [1.29, 1.82) is 0 Å². The number of amides is 2. The molecule has 1 heterocycles. The van der Waals surface area contributed by atoms with Gasteiger partial charge < -0.3 is 15.3 Å². The molecule has 0 aliphatic carbocycles. The first-order valence-corrected chi connectivity index (χ1v) is 8.08. The molecule has 0 spiro atoms. The minimum Gasteiger partial charge on any atom is -0.508 e. The Kier molecular flexibility index (Phi) is 4.81. The first-order chi connectivity index (χ1) is 11.2. The largest absolute Gasteiger partial charge is 0.508 e. The van der Waals surface area contributed by atoms with Crippen LogP contribution < -0.4 is 5.32 Å². The quantitative estimate of drug-likeness (QED) is 0.912. The van der Waals surface area contributed by atoms with E-state index in [-0.39, 0.29) is 6.03 Å². The van der Waals surface area contributed by atoms with Gasteiger partial charge in [-0.3, -0.25) is 0 Å². The van der Waals surface area contributed by atoms with Crippen LogP contribution in [0.15, 0.2) is 54.6 Å². The van der Waals surface area contributed by atoms with Gasteiger partial charge in [-0.05, 0) is 42.0 Å². The number of nitrogens with one attached hydrogen (secondary N) is 1. The molecule has 1 saturated heterocycles. The fraction of sp³-hybridized carbons (Fsp3) is 0.316. The number of rotatable bonds is 3. The third kappa shape index (κ3) is 4.03. The number of hydrogen-bond acceptors (Lipinski definition) is 2. The molecule has 4 nitrogen and oxygen atoms in total. The molecule has 1 fully saturated rings. The molecule has 2 aromatic rings. The van der Waals surface area contributed by atoms with Gasteiger partial charge in [-0.15, -0.1) is 0 Å². The fourth-order valence-electron chi connectivity index (χ4n) is 3.05. The van der Waals surface area contributed by atoms with Gasteiger partial charge in [-0.2, -0.15) is 0 Å². The molecular weight excluding hydrogens is 288 g/mol. The van der Waals surface area contributed by atoms with Crippen LogP contribution in [0.3, 0.4) is 0 Å². The molecule has 0 radical (unpaired) electrons. The molecule has 2 amide bonds. The zero-order chi connectivity index (χ0) is 16.1. The topological polar surface area (TPSA) is 52.6 Å². The molecule has 2 N–H and O–H groups in total. The highest BCUT2D eigenvalue weighted by Crippen LogP contribution is 2.28. The number of piperidine rings is 1. The summed E-state index contributed by atoms with van der Waals surface area (Å²) in [5, 5.41) is 12.3. The molecule has 2 aromatic carbocycles. The summed E-state index contributed by atoms with van der Waals surface area (Å²) in [4.78, 5) is 14.1. The number of carbonyl (C=O) groups excluding carboxylic acids is 1. The lowest BCUT2D eigenvalue weighted by molar-refractivity contribution is 0.181. The van der Waals surface area contributed by atoms with Crippen molar-refractivity contribution >= 4 is 6.03 Å². The monoisotopic (exact) mass is 310 g/mol. The van der Waals surface area contributed by atoms with Gasteiger partial charge in [-0.1, -0.05) is 42.5 Å². The first-order valence-electron chi connectivity index (χ1n) is 8.08. The molecule has 3 rings (SSSR count). The van der Waals surface area contributed by atoms with Gasteiger partial charge >= 0.3 is 6.03 Å². The maximum absolute atomic E-state index is 12.2. The molecule has 4 heteroatoms. The van der Waals surface area contributed by atoms with Crippen LogP contribution in [0, 0.1) is 0 Å². The smallest absolute Gasteiger partial charge is 0.317 e. The van der Waals surface area contributed by atoms with Crippen molar-refractivity contribution in [2.45, 2.75) is 25.3 Å². The number of phenolic OH excluding ortho intramolecular Hbond substituents is 1. The standard InChI is InChI=1S/C19H22N2O2/c22-18-8-6-16(7-9-18)17-10-12-21(13-11-17)19(23)20-14-15-4-2-1-3-5-15/h1-9,17,22H,10-14H2,(H,20,23). The van der Waals surface area contributed by atoms with Crippen LogP contribution in [0.1, 0.15) is 29.9 Å². The zero-order valence-corrected chi connectivity index (χ0v) is 13.1. The molecule has 0 atom stereocenters. The van der Waals surface area contributed by atoms with E-state index in [9.17, 15) is 9.90 Å². The Labute approximate surface area is 136 Å². The highest BCUT2D eigenvalue weighted by Gasteiger charge is 2.23. The summed E-state index contributed by atoms with van der Waals surface area (Å²) < 4.78 is 0. The van der Waals surface area contributed by atoms with Crippen LogP contribution in [0.4, 0.5) is 4.79 Å². The number of aromatic hydroxyl groups is 1. The van der Waals surface area contributed by atoms with E-state index in [0.29, 0.717) is 18.2 Å². The highest BCUT2D eigenvalue weighted by atomic mass is 16.3. The molecular formula is C19H22N2O2. The summed E-state index contributed by atoms with van der Waals surface area (Å²) in [6.07, 6.45) is 1.92. The number of benzene rings is 2. The second kappa shape index (κ2) is 7.18. The summed E-state index contributed by atoms with van der Waals surface area (Å²) >= 11 is 0. The number of hydrogen-bond donors (Lipinski definition) is 2. The Morgan fingerprint density at radius 3 is 2.35 bits per heavy atom. The Balaban J connectivity index is 1.48. The third-order valence-corrected chi connectivity index (χ3v) is 4.43. The number of nitrogens with zero attached hydrogens (tertiary/aromatic N) is 1. The second-order valence-electron chi connectivity index (χ2n) is 6.00. The molecule has 0 bridgehead atoms. The average molecular weight is 310 g/mol. The first kappa shape index (κ1) is 15.4. The van der Waals surface area contributed by atoms with E-state index >= 15 is 0 Å². The molecule has 1 aliphatic heterocycles. The SMILES string of the molecule is O=C(NCc1ccccc1)N1CCC(c2ccc(O)cc2)CC1. The van der Waals surface area contributed by atoms with Crippen molar-refractivity contribution in [3.8, 4) is 5.75 Å². The van der Waals surface area contributed by atoms with Crippen LogP contribution in [0.5, 0.6) is 5.75 Å². The lowest BCUT2D eigenvalue weighted by Gasteiger charge is -2.32. The van der Waals surface area contributed by atoms with Gasteiger partial charge in [0.25, 0.3) is 0 Å². The van der Waals surface area contributed by atoms with E-state index in [0.717, 1.165) is 31.5 Å². The second-order valence-corrected chi connectivity index (χ2v) is 6.00. The van der Waals surface area contributed by atoms with Crippen LogP contribution >= 0.6 is 0 Å². The minimum absolute atomic E-state index is 0.0120. The fourth-order valence-corrected chi connectivity index (χ4v) is 3.05. The van der Waals surface area contributed by atoms with Crippen molar-refractivity contribution < 1.29 is 9.90 Å². The minimum atomic E-state index is 0.0120. The summed E-state index contributed by atoms with van der Waals surface area (Å²) in [6, 6.07) is 17.4. The highest BCUT2D eigenvalue weighted by molar-refractivity contribution is 5.74. The number of phenols is 1. The van der Waals surface area contributed by atoms with Crippen molar-refractivity contribution in [3.63, 3.8) is 0 Å². The molecule has 0 unspecified atom stereocenters. The maximum Gasteiger partial charge on any atom is 0.317 e. The Morgan fingerprint density at radius 2 is 1.70 bits per heavy atom. The van der Waals surface area contributed by atoms with Crippen molar-refractivity contribution in [1.82, 2.24) is 10.2 Å². The van der Waals surface area contributed by atoms with Gasteiger partial charge in [0.05, 0.1) is 0 Å². The van der Waals surface area contributed by atoms with Gasteiger partial charge in [0.1, 0.15) is 5.75 Å².